The first kappa shape index (κ1) is 19.6. The molecule has 4 heteroatoms. The van der Waals surface area contributed by atoms with Crippen LogP contribution in [0.3, 0.4) is 0 Å². The van der Waals surface area contributed by atoms with Crippen molar-refractivity contribution in [3.63, 3.8) is 0 Å². The van der Waals surface area contributed by atoms with E-state index in [1.165, 1.54) is 0 Å². The van der Waals surface area contributed by atoms with Crippen molar-refractivity contribution in [1.82, 2.24) is 4.98 Å². The van der Waals surface area contributed by atoms with Gasteiger partial charge in [0.05, 0.1) is 16.5 Å². The zero-order valence-electron chi connectivity index (χ0n) is 18.0. The Hall–Kier alpha value is -3.40. The molecule has 1 N–H and O–H groups in total. The predicted octanol–water partition coefficient (Wildman–Crippen LogP) is 6.56. The van der Waals surface area contributed by atoms with Crippen LogP contribution in [0.5, 0.6) is 11.6 Å². The summed E-state index contributed by atoms with van der Waals surface area (Å²) in [5, 5.41) is 12.1. The van der Waals surface area contributed by atoms with Gasteiger partial charge in [0, 0.05) is 11.5 Å². The maximum Gasteiger partial charge on any atom is 0.219 e. The molecular weight excluding hydrogens is 386 g/mol. The summed E-state index contributed by atoms with van der Waals surface area (Å²) in [6.45, 7) is 6.02. The summed E-state index contributed by atoms with van der Waals surface area (Å²) in [5.41, 5.74) is 4.44. The van der Waals surface area contributed by atoms with Gasteiger partial charge in [0.15, 0.2) is 5.78 Å². The van der Waals surface area contributed by atoms with Gasteiger partial charge in [-0.05, 0) is 74.1 Å². The number of ether oxygens (including phenoxy) is 1. The molecule has 0 spiro atoms. The number of nitrogens with zero attached hydrogens (tertiary/aromatic N) is 1. The first-order valence-electron chi connectivity index (χ1n) is 10.8. The van der Waals surface area contributed by atoms with Gasteiger partial charge >= 0.3 is 0 Å². The first-order chi connectivity index (χ1) is 14.9. The van der Waals surface area contributed by atoms with Crippen LogP contribution in [0.2, 0.25) is 0 Å². The van der Waals surface area contributed by atoms with Gasteiger partial charge in [-0.25, -0.2) is 4.98 Å². The minimum atomic E-state index is -0.529. The van der Waals surface area contributed by atoms with Crippen LogP contribution in [0.15, 0.2) is 71.5 Å². The number of hydrogen-bond donors (Lipinski definition) is 1. The van der Waals surface area contributed by atoms with E-state index in [0.717, 1.165) is 52.4 Å². The van der Waals surface area contributed by atoms with E-state index in [2.05, 4.69) is 11.9 Å². The van der Waals surface area contributed by atoms with Crippen LogP contribution in [-0.4, -0.2) is 15.9 Å². The number of allylic oxidation sites excluding steroid dienone is 3. The largest absolute Gasteiger partial charge is 0.507 e. The lowest BCUT2D eigenvalue weighted by Gasteiger charge is -2.30. The van der Waals surface area contributed by atoms with Gasteiger partial charge in [-0.1, -0.05) is 36.8 Å². The zero-order chi connectivity index (χ0) is 21.8. The summed E-state index contributed by atoms with van der Waals surface area (Å²) in [6.07, 6.45) is 2.24. The second kappa shape index (κ2) is 7.09. The molecule has 2 aromatic carbocycles. The molecule has 0 radical (unpaired) electrons. The molecule has 1 aromatic heterocycles. The first-order valence-corrected chi connectivity index (χ1v) is 10.8. The van der Waals surface area contributed by atoms with Crippen molar-refractivity contribution in [3.05, 3.63) is 82.6 Å². The molecule has 0 aliphatic heterocycles. The predicted molar refractivity (Wildman–Crippen MR) is 122 cm³/mol. The second-order valence-electron chi connectivity index (χ2n) is 8.61. The standard InChI is InChI=1S/C27H25NO3/c1-4-17-9-11-19(31-23-12-10-18-7-5-6-8-22(18)28-23)15-21(17)24-25(29)20-13-14-27(3,16(20)2)26(24)30/h5-12,15,29H,4,13-14H2,1-3H3/t27-/m0/s1. The van der Waals surface area contributed by atoms with Gasteiger partial charge in [0.2, 0.25) is 5.88 Å². The Kier molecular flexibility index (Phi) is 4.47. The minimum absolute atomic E-state index is 0.000528. The molecule has 2 bridgehead atoms. The Morgan fingerprint density at radius 1 is 1.13 bits per heavy atom. The monoisotopic (exact) mass is 411 g/mol. The molecule has 0 saturated carbocycles. The summed E-state index contributed by atoms with van der Waals surface area (Å²) < 4.78 is 6.06. The quantitative estimate of drug-likeness (QED) is 0.528. The number of aromatic nitrogens is 1. The van der Waals surface area contributed by atoms with Crippen molar-refractivity contribution >= 4 is 22.3 Å². The summed E-state index contributed by atoms with van der Waals surface area (Å²) in [7, 11) is 0. The SMILES string of the molecule is CCc1ccc(Oc2ccc3ccccc3n2)cc1C1=C(O)C2=C(C)[C@](C)(CC2)C1=O. The van der Waals surface area contributed by atoms with Gasteiger partial charge in [-0.3, -0.25) is 4.79 Å². The third-order valence-electron chi connectivity index (χ3n) is 6.93. The van der Waals surface area contributed by atoms with Gasteiger partial charge in [-0.2, -0.15) is 0 Å². The normalized spacial score (nSPS) is 20.7. The lowest BCUT2D eigenvalue weighted by molar-refractivity contribution is -0.120. The number of carbonyl (C=O) groups excluding carboxylic acids is 1. The fourth-order valence-electron chi connectivity index (χ4n) is 4.83. The van der Waals surface area contributed by atoms with Crippen molar-refractivity contribution in [1.29, 1.82) is 0 Å². The van der Waals surface area contributed by atoms with E-state index in [1.807, 2.05) is 68.4 Å². The van der Waals surface area contributed by atoms with Crippen molar-refractivity contribution in [2.24, 2.45) is 5.41 Å². The molecule has 2 aliphatic rings. The number of para-hydroxylation sites is 1. The fourth-order valence-corrected chi connectivity index (χ4v) is 4.83. The van der Waals surface area contributed by atoms with Crippen LogP contribution in [-0.2, 0) is 11.2 Å². The summed E-state index contributed by atoms with van der Waals surface area (Å²) in [6, 6.07) is 17.4. The van der Waals surface area contributed by atoms with E-state index in [4.69, 9.17) is 4.74 Å². The molecule has 2 aliphatic carbocycles. The van der Waals surface area contributed by atoms with E-state index in [1.54, 1.807) is 0 Å². The van der Waals surface area contributed by atoms with Gasteiger partial charge in [0.25, 0.3) is 0 Å². The lowest BCUT2D eigenvalue weighted by atomic mass is 9.72. The molecule has 0 unspecified atom stereocenters. The average molecular weight is 412 g/mol. The fraction of sp³-hybridized carbons (Fsp3) is 0.259. The molecule has 1 heterocycles. The number of rotatable bonds is 4. The highest BCUT2D eigenvalue weighted by atomic mass is 16.5. The Morgan fingerprint density at radius 3 is 2.74 bits per heavy atom. The molecule has 156 valence electrons. The van der Waals surface area contributed by atoms with Crippen LogP contribution in [0.25, 0.3) is 16.5 Å². The Bertz CT molecular complexity index is 1300. The lowest BCUT2D eigenvalue weighted by Crippen LogP contribution is -2.30. The van der Waals surface area contributed by atoms with Crippen molar-refractivity contribution in [3.8, 4) is 11.6 Å². The summed E-state index contributed by atoms with van der Waals surface area (Å²) >= 11 is 0. The molecule has 3 aromatic rings. The summed E-state index contributed by atoms with van der Waals surface area (Å²) in [4.78, 5) is 18.1. The Morgan fingerprint density at radius 2 is 1.94 bits per heavy atom. The molecule has 1 atom stereocenters. The van der Waals surface area contributed by atoms with E-state index in [9.17, 15) is 9.90 Å². The number of aryl methyl sites for hydroxylation is 1. The number of benzene rings is 2. The highest BCUT2D eigenvalue weighted by molar-refractivity contribution is 6.27. The number of fused-ring (bicyclic) bond motifs is 2. The topological polar surface area (TPSA) is 59.4 Å². The number of hydrogen-bond acceptors (Lipinski definition) is 4. The minimum Gasteiger partial charge on any atom is -0.507 e. The highest BCUT2D eigenvalue weighted by Crippen LogP contribution is 2.53. The van der Waals surface area contributed by atoms with Crippen LogP contribution in [0, 0.1) is 5.41 Å². The van der Waals surface area contributed by atoms with Crippen LogP contribution >= 0.6 is 0 Å². The smallest absolute Gasteiger partial charge is 0.219 e. The van der Waals surface area contributed by atoms with E-state index in [-0.39, 0.29) is 11.5 Å². The highest BCUT2D eigenvalue weighted by Gasteiger charge is 2.48. The molecule has 4 nitrogen and oxygen atoms in total. The van der Waals surface area contributed by atoms with Crippen LogP contribution in [0.4, 0.5) is 0 Å². The maximum absolute atomic E-state index is 13.5. The van der Waals surface area contributed by atoms with Gasteiger partial charge in [-0.15, -0.1) is 0 Å². The third-order valence-corrected chi connectivity index (χ3v) is 6.93. The van der Waals surface area contributed by atoms with E-state index in [0.29, 0.717) is 17.2 Å². The molecule has 5 rings (SSSR count). The van der Waals surface area contributed by atoms with Crippen LogP contribution in [0.1, 0.15) is 44.7 Å². The van der Waals surface area contributed by atoms with Crippen molar-refractivity contribution in [2.45, 2.75) is 40.0 Å². The van der Waals surface area contributed by atoms with E-state index >= 15 is 0 Å². The zero-order valence-corrected chi connectivity index (χ0v) is 18.0. The third kappa shape index (κ3) is 2.97. The molecule has 31 heavy (non-hydrogen) atoms. The summed E-state index contributed by atoms with van der Waals surface area (Å²) in [5.74, 6) is 1.22. The van der Waals surface area contributed by atoms with Gasteiger partial charge < -0.3 is 9.84 Å². The second-order valence-corrected chi connectivity index (χ2v) is 8.61. The maximum atomic E-state index is 13.5. The number of aliphatic hydroxyl groups is 1. The number of aliphatic hydroxyl groups excluding tert-OH is 1. The molecule has 0 fully saturated rings. The average Bonchev–Trinajstić information content (AvgIpc) is 3.04. The van der Waals surface area contributed by atoms with E-state index < -0.39 is 5.41 Å². The Balaban J connectivity index is 1.58. The molecule has 0 saturated heterocycles. The molecular formula is C27H25NO3. The van der Waals surface area contributed by atoms with Crippen molar-refractivity contribution in [2.75, 3.05) is 0 Å². The number of carbonyl (C=O) groups is 1. The van der Waals surface area contributed by atoms with Crippen LogP contribution < -0.4 is 4.74 Å². The number of pyridine rings is 1. The molecule has 0 amide bonds. The van der Waals surface area contributed by atoms with Gasteiger partial charge in [0.1, 0.15) is 11.5 Å². The number of ketones is 1. The number of Topliss-reactive ketones (excluding diaryl/α,β-unsaturated/α-hetero) is 1. The van der Waals surface area contributed by atoms with Crippen molar-refractivity contribution < 1.29 is 14.6 Å². The Labute approximate surface area is 181 Å².